The highest BCUT2D eigenvalue weighted by Crippen LogP contribution is 2.32. The zero-order valence-electron chi connectivity index (χ0n) is 13.4. The Balaban J connectivity index is 2.37. The van der Waals surface area contributed by atoms with Crippen molar-refractivity contribution in [2.45, 2.75) is 24.4 Å². The molecule has 5 nitrogen and oxygen atoms in total. The minimum atomic E-state index is -4.95. The van der Waals surface area contributed by atoms with Gasteiger partial charge in [-0.05, 0) is 42.3 Å². The van der Waals surface area contributed by atoms with E-state index in [1.807, 2.05) is 0 Å². The number of amides is 1. The van der Waals surface area contributed by atoms with Crippen molar-refractivity contribution in [1.29, 1.82) is 0 Å². The quantitative estimate of drug-likeness (QED) is 0.785. The summed E-state index contributed by atoms with van der Waals surface area (Å²) in [6, 6.07) is 5.74. The summed E-state index contributed by atoms with van der Waals surface area (Å²) in [5.41, 5.74) is -1.56. The second kappa shape index (κ2) is 7.04. The Morgan fingerprint density at radius 3 is 2.35 bits per heavy atom. The third-order valence-electron chi connectivity index (χ3n) is 3.55. The van der Waals surface area contributed by atoms with Crippen molar-refractivity contribution >= 4 is 21.6 Å². The van der Waals surface area contributed by atoms with Gasteiger partial charge >= 0.3 is 6.18 Å². The van der Waals surface area contributed by atoms with Crippen LogP contribution in [0.5, 0.6) is 0 Å². The van der Waals surface area contributed by atoms with E-state index >= 15 is 0 Å². The molecule has 0 fully saturated rings. The normalized spacial score (nSPS) is 12.1. The fraction of sp³-hybridized carbons (Fsp3) is 0.188. The summed E-state index contributed by atoms with van der Waals surface area (Å²) >= 11 is 0. The first-order valence-electron chi connectivity index (χ1n) is 7.27. The number of benzene rings is 2. The number of carbonyl (C=O) groups excluding carboxylic acids is 1. The Kier molecular flexibility index (Phi) is 5.38. The van der Waals surface area contributed by atoms with Gasteiger partial charge < -0.3 is 5.32 Å². The zero-order valence-corrected chi connectivity index (χ0v) is 14.2. The molecule has 0 spiro atoms. The smallest absolute Gasteiger partial charge is 0.322 e. The van der Waals surface area contributed by atoms with Crippen molar-refractivity contribution in [3.05, 3.63) is 58.9 Å². The summed E-state index contributed by atoms with van der Waals surface area (Å²) < 4.78 is 74.7. The first-order chi connectivity index (χ1) is 11.9. The molecule has 0 saturated heterocycles. The van der Waals surface area contributed by atoms with Crippen LogP contribution in [0.15, 0.2) is 41.3 Å². The monoisotopic (exact) mass is 390 g/mol. The number of aryl methyl sites for hydroxylation is 1. The van der Waals surface area contributed by atoms with Gasteiger partial charge in [0, 0.05) is 11.3 Å². The maximum atomic E-state index is 13.3. The lowest BCUT2D eigenvalue weighted by molar-refractivity contribution is -0.140. The molecule has 0 atom stereocenters. The maximum absolute atomic E-state index is 13.3. The van der Waals surface area contributed by atoms with Gasteiger partial charge in [0.05, 0.1) is 10.5 Å². The molecule has 26 heavy (non-hydrogen) atoms. The molecular weight excluding hydrogens is 376 g/mol. The molecule has 0 aliphatic carbocycles. The van der Waals surface area contributed by atoms with Gasteiger partial charge in [-0.15, -0.1) is 0 Å². The lowest BCUT2D eigenvalue weighted by Crippen LogP contribution is -2.17. The van der Waals surface area contributed by atoms with Gasteiger partial charge in [-0.2, -0.15) is 13.2 Å². The molecule has 0 bridgehead atoms. The fourth-order valence-electron chi connectivity index (χ4n) is 2.28. The molecule has 0 aliphatic heterocycles. The Morgan fingerprint density at radius 2 is 1.81 bits per heavy atom. The van der Waals surface area contributed by atoms with Crippen molar-refractivity contribution in [2.75, 3.05) is 5.32 Å². The number of alkyl halides is 3. The predicted molar refractivity (Wildman–Crippen MR) is 86.5 cm³/mol. The van der Waals surface area contributed by atoms with Crippen molar-refractivity contribution < 1.29 is 30.8 Å². The van der Waals surface area contributed by atoms with Crippen LogP contribution in [0.2, 0.25) is 0 Å². The minimum absolute atomic E-state index is 0.0223. The first kappa shape index (κ1) is 19.9. The molecular formula is C16H14F4N2O3S. The molecule has 0 aliphatic rings. The largest absolute Gasteiger partial charge is 0.419 e. The summed E-state index contributed by atoms with van der Waals surface area (Å²) in [7, 11) is -4.05. The van der Waals surface area contributed by atoms with Gasteiger partial charge in [0.15, 0.2) is 0 Å². The van der Waals surface area contributed by atoms with Crippen LogP contribution in [-0.4, -0.2) is 14.3 Å². The Labute approximate surface area is 146 Å². The third kappa shape index (κ3) is 4.38. The van der Waals surface area contributed by atoms with Gasteiger partial charge in [0.25, 0.3) is 5.91 Å². The van der Waals surface area contributed by atoms with Crippen LogP contribution >= 0.6 is 0 Å². The number of hydrogen-bond acceptors (Lipinski definition) is 3. The Morgan fingerprint density at radius 1 is 1.15 bits per heavy atom. The van der Waals surface area contributed by atoms with Crippen LogP contribution in [0.3, 0.4) is 0 Å². The van der Waals surface area contributed by atoms with E-state index in [1.165, 1.54) is 12.1 Å². The number of halogens is 4. The number of sulfonamides is 1. The SMILES string of the molecule is CCc1ccc(NC(=O)c2ccc(F)c(C(F)(F)F)c2)cc1S(N)(=O)=O. The summed E-state index contributed by atoms with van der Waals surface area (Å²) in [4.78, 5) is 11.9. The molecule has 0 heterocycles. The molecule has 1 amide bonds. The highest BCUT2D eigenvalue weighted by molar-refractivity contribution is 7.89. The van der Waals surface area contributed by atoms with Crippen LogP contribution in [0.25, 0.3) is 0 Å². The van der Waals surface area contributed by atoms with E-state index in [1.54, 1.807) is 6.92 Å². The number of anilines is 1. The van der Waals surface area contributed by atoms with Crippen LogP contribution < -0.4 is 10.5 Å². The van der Waals surface area contributed by atoms with E-state index in [-0.39, 0.29) is 10.6 Å². The molecule has 2 aromatic carbocycles. The number of hydrogen-bond donors (Lipinski definition) is 2. The summed E-state index contributed by atoms with van der Waals surface area (Å²) in [5.74, 6) is -2.46. The van der Waals surface area contributed by atoms with Crippen molar-refractivity contribution in [1.82, 2.24) is 0 Å². The third-order valence-corrected chi connectivity index (χ3v) is 4.54. The minimum Gasteiger partial charge on any atom is -0.322 e. The number of primary sulfonamides is 1. The van der Waals surface area contributed by atoms with E-state index < -0.39 is 39.1 Å². The number of nitrogens with two attached hydrogens (primary N) is 1. The van der Waals surface area contributed by atoms with E-state index in [0.29, 0.717) is 24.1 Å². The molecule has 2 rings (SSSR count). The average molecular weight is 390 g/mol. The van der Waals surface area contributed by atoms with Crippen molar-refractivity contribution in [3.63, 3.8) is 0 Å². The highest BCUT2D eigenvalue weighted by Gasteiger charge is 2.34. The van der Waals surface area contributed by atoms with Gasteiger partial charge in [-0.1, -0.05) is 13.0 Å². The number of nitrogens with one attached hydrogen (secondary N) is 1. The molecule has 0 saturated carbocycles. The number of rotatable bonds is 4. The lowest BCUT2D eigenvalue weighted by atomic mass is 10.1. The summed E-state index contributed by atoms with van der Waals surface area (Å²) in [6.45, 7) is 1.71. The van der Waals surface area contributed by atoms with Crippen LogP contribution in [0.4, 0.5) is 23.2 Å². The zero-order chi connectivity index (χ0) is 19.7. The predicted octanol–water partition coefficient (Wildman–Crippen LogP) is 3.31. The van der Waals surface area contributed by atoms with Crippen molar-refractivity contribution in [2.24, 2.45) is 5.14 Å². The molecule has 0 unspecified atom stereocenters. The van der Waals surface area contributed by atoms with Gasteiger partial charge in [-0.3, -0.25) is 4.79 Å². The second-order valence-electron chi connectivity index (χ2n) is 5.37. The number of carbonyl (C=O) groups is 1. The van der Waals surface area contributed by atoms with Gasteiger partial charge in [0.1, 0.15) is 5.82 Å². The molecule has 0 aromatic heterocycles. The summed E-state index contributed by atoms with van der Waals surface area (Å²) in [5, 5.41) is 7.39. The molecule has 3 N–H and O–H groups in total. The van der Waals surface area contributed by atoms with E-state index in [4.69, 9.17) is 5.14 Å². The average Bonchev–Trinajstić information content (AvgIpc) is 2.53. The van der Waals surface area contributed by atoms with Crippen molar-refractivity contribution in [3.8, 4) is 0 Å². The Bertz CT molecular complexity index is 956. The van der Waals surface area contributed by atoms with E-state index in [9.17, 15) is 30.8 Å². The Hall–Kier alpha value is -2.46. The lowest BCUT2D eigenvalue weighted by Gasteiger charge is -2.12. The fourth-order valence-corrected chi connectivity index (χ4v) is 3.15. The van der Waals surface area contributed by atoms with Crippen LogP contribution in [-0.2, 0) is 22.6 Å². The highest BCUT2D eigenvalue weighted by atomic mass is 32.2. The molecule has 2 aromatic rings. The molecule has 140 valence electrons. The molecule has 0 radical (unpaired) electrons. The van der Waals surface area contributed by atoms with Gasteiger partial charge in [0.2, 0.25) is 10.0 Å². The summed E-state index contributed by atoms with van der Waals surface area (Å²) in [6.07, 6.45) is -4.59. The van der Waals surface area contributed by atoms with Crippen LogP contribution in [0, 0.1) is 5.82 Å². The van der Waals surface area contributed by atoms with E-state index in [0.717, 1.165) is 12.1 Å². The van der Waals surface area contributed by atoms with Crippen LogP contribution in [0.1, 0.15) is 28.4 Å². The van der Waals surface area contributed by atoms with E-state index in [2.05, 4.69) is 5.32 Å². The molecule has 10 heteroatoms. The maximum Gasteiger partial charge on any atom is 0.419 e. The van der Waals surface area contributed by atoms with Gasteiger partial charge in [-0.25, -0.2) is 17.9 Å². The standard InChI is InChI=1S/C16H14F4N2O3S/c1-2-9-3-5-11(8-14(9)26(21,24)25)22-15(23)10-4-6-13(17)12(7-10)16(18,19)20/h3-8H,2H2,1H3,(H,22,23)(H2,21,24,25). The topological polar surface area (TPSA) is 89.3 Å². The second-order valence-corrected chi connectivity index (χ2v) is 6.90. The first-order valence-corrected chi connectivity index (χ1v) is 8.82.